The lowest BCUT2D eigenvalue weighted by Gasteiger charge is -2.38. The number of likely N-dealkylation sites (tertiary alicyclic amines) is 1. The van der Waals surface area contributed by atoms with Gasteiger partial charge in [0.15, 0.2) is 0 Å². The second-order valence-corrected chi connectivity index (χ2v) is 9.02. The van der Waals surface area contributed by atoms with Crippen LogP contribution in [0.15, 0.2) is 42.5 Å². The van der Waals surface area contributed by atoms with Crippen LogP contribution in [0.5, 0.6) is 0 Å². The fourth-order valence-corrected chi connectivity index (χ4v) is 5.29. The molecule has 2 aromatic carbocycles. The zero-order valence-electron chi connectivity index (χ0n) is 17.7. The summed E-state index contributed by atoms with van der Waals surface area (Å²) in [5.41, 5.74) is 5.66. The first-order valence-corrected chi connectivity index (χ1v) is 11.6. The third-order valence-electron chi connectivity index (χ3n) is 7.06. The van der Waals surface area contributed by atoms with Crippen molar-refractivity contribution in [3.8, 4) is 0 Å². The van der Waals surface area contributed by atoms with E-state index in [9.17, 15) is 4.39 Å². The van der Waals surface area contributed by atoms with Crippen molar-refractivity contribution in [3.05, 3.63) is 65.0 Å². The Kier molecular flexibility index (Phi) is 6.02. The lowest BCUT2D eigenvalue weighted by atomic mass is 10.0. The summed E-state index contributed by atoms with van der Waals surface area (Å²) in [6.07, 6.45) is 6.13. The lowest BCUT2D eigenvalue weighted by molar-refractivity contribution is 0.212. The third kappa shape index (κ3) is 4.53. The first kappa shape index (κ1) is 20.0. The molecule has 30 heavy (non-hydrogen) atoms. The number of nitrogens with zero attached hydrogens (tertiary/aromatic N) is 2. The van der Waals surface area contributed by atoms with E-state index in [1.807, 2.05) is 12.1 Å². The van der Waals surface area contributed by atoms with E-state index < -0.39 is 0 Å². The van der Waals surface area contributed by atoms with Crippen LogP contribution >= 0.6 is 0 Å². The first-order valence-electron chi connectivity index (χ1n) is 11.6. The Labute approximate surface area is 179 Å². The Morgan fingerprint density at radius 1 is 0.900 bits per heavy atom. The fraction of sp³-hybridized carbons (Fsp3) is 0.520. The molecule has 5 rings (SSSR count). The molecule has 2 saturated heterocycles. The van der Waals surface area contributed by atoms with Crippen molar-refractivity contribution in [1.29, 1.82) is 0 Å². The fourth-order valence-electron chi connectivity index (χ4n) is 5.29. The molecular formula is C25H33FN4. The predicted octanol–water partition coefficient (Wildman–Crippen LogP) is 2.96. The van der Waals surface area contributed by atoms with Crippen LogP contribution in [0.4, 0.5) is 10.1 Å². The highest BCUT2D eigenvalue weighted by molar-refractivity contribution is 5.60. The normalized spacial score (nSPS) is 20.8. The van der Waals surface area contributed by atoms with Gasteiger partial charge in [-0.25, -0.2) is 4.39 Å². The smallest absolute Gasteiger partial charge is 0.123 e. The van der Waals surface area contributed by atoms with Crippen molar-refractivity contribution in [1.82, 2.24) is 15.5 Å². The van der Waals surface area contributed by atoms with E-state index >= 15 is 0 Å². The summed E-state index contributed by atoms with van der Waals surface area (Å²) < 4.78 is 13.1. The minimum atomic E-state index is -0.149. The summed E-state index contributed by atoms with van der Waals surface area (Å²) in [5.74, 6) is -0.149. The van der Waals surface area contributed by atoms with Crippen LogP contribution in [0.2, 0.25) is 0 Å². The molecular weight excluding hydrogens is 375 g/mol. The molecule has 0 amide bonds. The van der Waals surface area contributed by atoms with Crippen LogP contribution in [-0.2, 0) is 19.3 Å². The van der Waals surface area contributed by atoms with Gasteiger partial charge in [-0.3, -0.25) is 0 Å². The number of fused-ring (bicyclic) bond motifs is 1. The highest BCUT2D eigenvalue weighted by Gasteiger charge is 2.29. The molecule has 0 aromatic heterocycles. The molecule has 3 aliphatic rings. The van der Waals surface area contributed by atoms with Gasteiger partial charge in [-0.1, -0.05) is 24.3 Å². The maximum atomic E-state index is 13.1. The highest BCUT2D eigenvalue weighted by Crippen LogP contribution is 2.33. The molecule has 5 heteroatoms. The van der Waals surface area contributed by atoms with Gasteiger partial charge in [0.05, 0.1) is 6.17 Å². The van der Waals surface area contributed by atoms with Crippen LogP contribution in [0.1, 0.15) is 29.5 Å². The lowest BCUT2D eigenvalue weighted by Crippen LogP contribution is -2.45. The summed E-state index contributed by atoms with van der Waals surface area (Å²) in [7, 11) is 0. The Bertz CT molecular complexity index is 839. The zero-order valence-corrected chi connectivity index (χ0v) is 17.7. The quantitative estimate of drug-likeness (QED) is 0.770. The standard InChI is InChI=1S/C25H33FN4/c26-22-5-2-19(3-6-22)7-13-29-14-9-23(10-15-29)30-16-8-21-4-1-20(17-24(21)30)18-25-27-11-12-28-25/h1-6,17,23,25,27-28H,7-16,18H2. The van der Waals surface area contributed by atoms with E-state index in [1.165, 1.54) is 48.2 Å². The van der Waals surface area contributed by atoms with Gasteiger partial charge in [0.1, 0.15) is 5.82 Å². The average molecular weight is 409 g/mol. The molecule has 2 N–H and O–H groups in total. The summed E-state index contributed by atoms with van der Waals surface area (Å²) in [4.78, 5) is 5.26. The van der Waals surface area contributed by atoms with Crippen molar-refractivity contribution in [3.63, 3.8) is 0 Å². The molecule has 0 saturated carbocycles. The van der Waals surface area contributed by atoms with Crippen molar-refractivity contribution < 1.29 is 4.39 Å². The van der Waals surface area contributed by atoms with Gasteiger partial charge in [-0.2, -0.15) is 0 Å². The number of benzene rings is 2. The van der Waals surface area contributed by atoms with Gasteiger partial charge in [0.25, 0.3) is 0 Å². The van der Waals surface area contributed by atoms with Gasteiger partial charge < -0.3 is 20.4 Å². The van der Waals surface area contributed by atoms with E-state index in [0.717, 1.165) is 45.6 Å². The zero-order chi connectivity index (χ0) is 20.3. The third-order valence-corrected chi connectivity index (χ3v) is 7.06. The Hall–Kier alpha value is -1.95. The van der Waals surface area contributed by atoms with Crippen molar-refractivity contribution in [2.45, 2.75) is 44.3 Å². The van der Waals surface area contributed by atoms with Crippen molar-refractivity contribution in [2.24, 2.45) is 0 Å². The second kappa shape index (κ2) is 9.04. The number of hydrogen-bond donors (Lipinski definition) is 2. The molecule has 0 radical (unpaired) electrons. The molecule has 0 atom stereocenters. The highest BCUT2D eigenvalue weighted by atomic mass is 19.1. The van der Waals surface area contributed by atoms with Gasteiger partial charge in [0.2, 0.25) is 0 Å². The summed E-state index contributed by atoms with van der Waals surface area (Å²) in [6.45, 7) is 6.70. The molecule has 4 nitrogen and oxygen atoms in total. The van der Waals surface area contributed by atoms with Crippen LogP contribution in [0, 0.1) is 5.82 Å². The van der Waals surface area contributed by atoms with Crippen LogP contribution < -0.4 is 15.5 Å². The van der Waals surface area contributed by atoms with E-state index in [1.54, 1.807) is 12.1 Å². The van der Waals surface area contributed by atoms with E-state index in [4.69, 9.17) is 0 Å². The predicted molar refractivity (Wildman–Crippen MR) is 121 cm³/mol. The summed E-state index contributed by atoms with van der Waals surface area (Å²) >= 11 is 0. The molecule has 0 aliphatic carbocycles. The number of nitrogens with one attached hydrogen (secondary N) is 2. The SMILES string of the molecule is Fc1ccc(CCN2CCC(N3CCc4ccc(CC5NCCN5)cc43)CC2)cc1. The number of hydrogen-bond acceptors (Lipinski definition) is 4. The minimum absolute atomic E-state index is 0.149. The monoisotopic (exact) mass is 408 g/mol. The van der Waals surface area contributed by atoms with Crippen LogP contribution in [-0.4, -0.2) is 56.4 Å². The largest absolute Gasteiger partial charge is 0.368 e. The molecule has 160 valence electrons. The molecule has 2 fully saturated rings. The van der Waals surface area contributed by atoms with Gasteiger partial charge in [-0.05, 0) is 60.6 Å². The first-order chi connectivity index (χ1) is 14.7. The molecule has 0 spiro atoms. The maximum Gasteiger partial charge on any atom is 0.123 e. The van der Waals surface area contributed by atoms with E-state index in [2.05, 4.69) is 38.6 Å². The van der Waals surface area contributed by atoms with Gasteiger partial charge >= 0.3 is 0 Å². The Morgan fingerprint density at radius 3 is 2.40 bits per heavy atom. The van der Waals surface area contributed by atoms with Crippen LogP contribution in [0.3, 0.4) is 0 Å². The second-order valence-electron chi connectivity index (χ2n) is 9.02. The number of rotatable bonds is 6. The van der Waals surface area contributed by atoms with Gasteiger partial charge in [0, 0.05) is 57.4 Å². The van der Waals surface area contributed by atoms with Crippen molar-refractivity contribution >= 4 is 5.69 Å². The molecule has 0 bridgehead atoms. The molecule has 3 heterocycles. The number of piperidine rings is 1. The van der Waals surface area contributed by atoms with Crippen LogP contribution in [0.25, 0.3) is 0 Å². The molecule has 3 aliphatic heterocycles. The van der Waals surface area contributed by atoms with Crippen molar-refractivity contribution in [2.75, 3.05) is 44.2 Å². The average Bonchev–Trinajstić information content (AvgIpc) is 3.43. The minimum Gasteiger partial charge on any atom is -0.368 e. The summed E-state index contributed by atoms with van der Waals surface area (Å²) in [6, 6.07) is 14.8. The van der Waals surface area contributed by atoms with E-state index in [0.29, 0.717) is 12.2 Å². The Balaban J connectivity index is 1.15. The molecule has 2 aromatic rings. The number of halogens is 1. The van der Waals surface area contributed by atoms with Gasteiger partial charge in [-0.15, -0.1) is 0 Å². The number of anilines is 1. The maximum absolute atomic E-state index is 13.1. The topological polar surface area (TPSA) is 30.5 Å². The summed E-state index contributed by atoms with van der Waals surface area (Å²) in [5, 5.41) is 7.06. The van der Waals surface area contributed by atoms with E-state index in [-0.39, 0.29) is 5.82 Å². The Morgan fingerprint density at radius 2 is 1.63 bits per heavy atom. The molecule has 0 unspecified atom stereocenters.